The number of hydrogen-bond acceptors (Lipinski definition) is 4. The van der Waals surface area contributed by atoms with Crippen molar-refractivity contribution in [1.29, 1.82) is 0 Å². The number of piperidine rings is 1. The molecular weight excluding hydrogens is 248 g/mol. The van der Waals surface area contributed by atoms with Gasteiger partial charge in [0.1, 0.15) is 0 Å². The number of carboxylic acids is 1. The van der Waals surface area contributed by atoms with Crippen LogP contribution in [0.25, 0.3) is 0 Å². The molecule has 0 aromatic rings. The van der Waals surface area contributed by atoms with Gasteiger partial charge in [-0.15, -0.1) is 0 Å². The second-order valence-electron chi connectivity index (χ2n) is 5.01. The van der Waals surface area contributed by atoms with Gasteiger partial charge in [-0.25, -0.2) is 0 Å². The quantitative estimate of drug-likeness (QED) is 0.623. The summed E-state index contributed by atoms with van der Waals surface area (Å²) in [6.45, 7) is 3.23. The number of aliphatic carboxylic acids is 1. The summed E-state index contributed by atoms with van der Waals surface area (Å²) in [5, 5.41) is 14.7. The molecule has 0 spiro atoms. The maximum atomic E-state index is 12.0. The van der Waals surface area contributed by atoms with Crippen LogP contribution in [0.5, 0.6) is 0 Å². The van der Waals surface area contributed by atoms with Gasteiger partial charge in [-0.1, -0.05) is 13.3 Å². The molecule has 3 unspecified atom stereocenters. The van der Waals surface area contributed by atoms with Gasteiger partial charge in [0.2, 0.25) is 5.91 Å². The van der Waals surface area contributed by atoms with E-state index in [2.05, 4.69) is 17.6 Å². The largest absolute Gasteiger partial charge is 0.481 e. The van der Waals surface area contributed by atoms with E-state index in [1.165, 1.54) is 7.11 Å². The Labute approximate surface area is 113 Å². The summed E-state index contributed by atoms with van der Waals surface area (Å²) >= 11 is 0. The van der Waals surface area contributed by atoms with Crippen LogP contribution in [0.15, 0.2) is 0 Å². The summed E-state index contributed by atoms with van der Waals surface area (Å²) in [7, 11) is 1.45. The third-order valence-electron chi connectivity index (χ3n) is 3.65. The lowest BCUT2D eigenvalue weighted by atomic mass is 9.90. The number of nitrogens with one attached hydrogen (secondary N) is 2. The smallest absolute Gasteiger partial charge is 0.306 e. The van der Waals surface area contributed by atoms with Gasteiger partial charge in [-0.05, 0) is 25.3 Å². The van der Waals surface area contributed by atoms with E-state index in [4.69, 9.17) is 9.84 Å². The van der Waals surface area contributed by atoms with Crippen molar-refractivity contribution >= 4 is 11.9 Å². The van der Waals surface area contributed by atoms with Gasteiger partial charge in [0, 0.05) is 13.7 Å². The summed E-state index contributed by atoms with van der Waals surface area (Å²) in [6.07, 6.45) is 2.46. The number of carbonyl (C=O) groups is 2. The van der Waals surface area contributed by atoms with Crippen molar-refractivity contribution in [2.45, 2.75) is 44.8 Å². The molecule has 1 amide bonds. The molecule has 0 aromatic heterocycles. The standard InChI is InChI=1S/C13H24N2O4/c1-3-9-4-5-14-11(6-9)13(18)15-8-10(19-2)7-12(16)17/h9-11,14H,3-8H2,1-2H3,(H,15,18)(H,16,17). The maximum Gasteiger partial charge on any atom is 0.306 e. The van der Waals surface area contributed by atoms with E-state index in [0.29, 0.717) is 5.92 Å². The third-order valence-corrected chi connectivity index (χ3v) is 3.65. The predicted molar refractivity (Wildman–Crippen MR) is 70.9 cm³/mol. The van der Waals surface area contributed by atoms with Gasteiger partial charge in [-0.2, -0.15) is 0 Å². The Hall–Kier alpha value is -1.14. The Bertz CT molecular complexity index is 309. The zero-order valence-corrected chi connectivity index (χ0v) is 11.6. The minimum atomic E-state index is -0.928. The topological polar surface area (TPSA) is 87.7 Å². The fourth-order valence-corrected chi connectivity index (χ4v) is 2.34. The molecule has 0 bridgehead atoms. The molecule has 3 N–H and O–H groups in total. The Morgan fingerprint density at radius 1 is 1.53 bits per heavy atom. The molecule has 19 heavy (non-hydrogen) atoms. The molecule has 6 nitrogen and oxygen atoms in total. The Morgan fingerprint density at radius 3 is 2.84 bits per heavy atom. The van der Waals surface area contributed by atoms with Crippen molar-refractivity contribution in [2.24, 2.45) is 5.92 Å². The Morgan fingerprint density at radius 2 is 2.26 bits per heavy atom. The van der Waals surface area contributed by atoms with Gasteiger partial charge in [0.15, 0.2) is 0 Å². The van der Waals surface area contributed by atoms with Crippen LogP contribution < -0.4 is 10.6 Å². The van der Waals surface area contributed by atoms with E-state index in [1.807, 2.05) is 0 Å². The predicted octanol–water partition coefficient (Wildman–Crippen LogP) is 0.371. The SMILES string of the molecule is CCC1CCNC(C(=O)NCC(CC(=O)O)OC)C1. The van der Waals surface area contributed by atoms with Crippen molar-refractivity contribution < 1.29 is 19.4 Å². The molecule has 0 aromatic carbocycles. The first-order valence-electron chi connectivity index (χ1n) is 6.82. The fourth-order valence-electron chi connectivity index (χ4n) is 2.34. The molecule has 0 saturated carbocycles. The highest BCUT2D eigenvalue weighted by molar-refractivity contribution is 5.82. The molecule has 3 atom stereocenters. The fraction of sp³-hybridized carbons (Fsp3) is 0.846. The first-order valence-corrected chi connectivity index (χ1v) is 6.82. The zero-order valence-electron chi connectivity index (χ0n) is 11.6. The number of carboxylic acid groups (broad SMARTS) is 1. The molecule has 0 radical (unpaired) electrons. The van der Waals surface area contributed by atoms with Crippen LogP contribution in [-0.2, 0) is 14.3 Å². The van der Waals surface area contributed by atoms with Crippen LogP contribution in [0.3, 0.4) is 0 Å². The number of ether oxygens (including phenoxy) is 1. The first kappa shape index (κ1) is 15.9. The van der Waals surface area contributed by atoms with Crippen molar-refractivity contribution in [1.82, 2.24) is 10.6 Å². The molecule has 1 aliphatic rings. The summed E-state index contributed by atoms with van der Waals surface area (Å²) < 4.78 is 5.03. The van der Waals surface area contributed by atoms with E-state index in [-0.39, 0.29) is 24.9 Å². The van der Waals surface area contributed by atoms with E-state index < -0.39 is 12.1 Å². The lowest BCUT2D eigenvalue weighted by Crippen LogP contribution is -2.50. The van der Waals surface area contributed by atoms with Crippen LogP contribution in [0.4, 0.5) is 0 Å². The van der Waals surface area contributed by atoms with Crippen molar-refractivity contribution in [3.8, 4) is 0 Å². The summed E-state index contributed by atoms with van der Waals surface area (Å²) in [6, 6.07) is -0.166. The molecule has 1 fully saturated rings. The minimum absolute atomic E-state index is 0.0643. The molecule has 0 aliphatic carbocycles. The summed E-state index contributed by atoms with van der Waals surface area (Å²) in [5.74, 6) is -0.400. The lowest BCUT2D eigenvalue weighted by Gasteiger charge is -2.29. The van der Waals surface area contributed by atoms with E-state index >= 15 is 0 Å². The van der Waals surface area contributed by atoms with E-state index in [0.717, 1.165) is 25.8 Å². The van der Waals surface area contributed by atoms with Crippen LogP contribution in [0.2, 0.25) is 0 Å². The molecular formula is C13H24N2O4. The van der Waals surface area contributed by atoms with Gasteiger partial charge in [0.25, 0.3) is 0 Å². The zero-order chi connectivity index (χ0) is 14.3. The highest BCUT2D eigenvalue weighted by Crippen LogP contribution is 2.19. The average Bonchev–Trinajstić information content (AvgIpc) is 2.42. The second kappa shape index (κ2) is 8.12. The van der Waals surface area contributed by atoms with E-state index in [9.17, 15) is 9.59 Å². The highest BCUT2D eigenvalue weighted by atomic mass is 16.5. The Kier molecular flexibility index (Phi) is 6.80. The molecule has 1 saturated heterocycles. The van der Waals surface area contributed by atoms with Gasteiger partial charge in [-0.3, -0.25) is 9.59 Å². The summed E-state index contributed by atoms with van der Waals surface area (Å²) in [4.78, 5) is 22.6. The molecule has 110 valence electrons. The lowest BCUT2D eigenvalue weighted by molar-refractivity contribution is -0.140. The average molecular weight is 272 g/mol. The number of methoxy groups -OCH3 is 1. The van der Waals surface area contributed by atoms with Crippen LogP contribution in [0.1, 0.15) is 32.6 Å². The second-order valence-corrected chi connectivity index (χ2v) is 5.01. The van der Waals surface area contributed by atoms with Gasteiger partial charge >= 0.3 is 5.97 Å². The van der Waals surface area contributed by atoms with Crippen molar-refractivity contribution in [3.05, 3.63) is 0 Å². The normalized spacial score (nSPS) is 24.7. The van der Waals surface area contributed by atoms with Gasteiger partial charge in [0.05, 0.1) is 18.6 Å². The first-order chi connectivity index (χ1) is 9.06. The van der Waals surface area contributed by atoms with Crippen LogP contribution >= 0.6 is 0 Å². The third kappa shape index (κ3) is 5.57. The van der Waals surface area contributed by atoms with Crippen molar-refractivity contribution in [2.75, 3.05) is 20.2 Å². The number of hydrogen-bond donors (Lipinski definition) is 3. The van der Waals surface area contributed by atoms with Crippen LogP contribution in [0, 0.1) is 5.92 Å². The highest BCUT2D eigenvalue weighted by Gasteiger charge is 2.26. The van der Waals surface area contributed by atoms with Crippen LogP contribution in [-0.4, -0.2) is 49.3 Å². The Balaban J connectivity index is 2.35. The molecule has 6 heteroatoms. The molecule has 1 rings (SSSR count). The van der Waals surface area contributed by atoms with E-state index in [1.54, 1.807) is 0 Å². The van der Waals surface area contributed by atoms with Crippen molar-refractivity contribution in [3.63, 3.8) is 0 Å². The summed E-state index contributed by atoms with van der Waals surface area (Å²) in [5.41, 5.74) is 0. The van der Waals surface area contributed by atoms with Gasteiger partial charge < -0.3 is 20.5 Å². The monoisotopic (exact) mass is 272 g/mol. The number of amides is 1. The molecule has 1 aliphatic heterocycles. The maximum absolute atomic E-state index is 12.0. The molecule has 1 heterocycles. The minimum Gasteiger partial charge on any atom is -0.481 e. The number of carbonyl (C=O) groups excluding carboxylic acids is 1. The number of rotatable bonds is 7.